The number of fused-ring (bicyclic) bond motifs is 2. The van der Waals surface area contributed by atoms with E-state index in [1.54, 1.807) is 6.82 Å². The van der Waals surface area contributed by atoms with Gasteiger partial charge in [-0.1, -0.05) is 90.1 Å². The van der Waals surface area contributed by atoms with Crippen LogP contribution in [0, 0.1) is 0 Å². The minimum Gasteiger partial charge on any atom is -0.101 e. The fraction of sp³-hybridized carbons (Fsp3) is 0.429. The summed E-state index contributed by atoms with van der Waals surface area (Å²) in [5.74, 6) is 0. The van der Waals surface area contributed by atoms with Crippen molar-refractivity contribution >= 4 is 14.9 Å². The SMILES string of the molecule is CC.CC.CC.[B][B]C.c1ccc2c(c1)Cc1ccccc1C2. The highest BCUT2D eigenvalue weighted by atomic mass is 14.2. The fourth-order valence-corrected chi connectivity index (χ4v) is 2.22. The molecule has 0 fully saturated rings. The average molecular weight is 307 g/mol. The van der Waals surface area contributed by atoms with Crippen LogP contribution in [0.2, 0.25) is 6.82 Å². The Balaban J connectivity index is 0. The van der Waals surface area contributed by atoms with Crippen molar-refractivity contribution in [1.29, 1.82) is 0 Å². The molecular formula is C21H33B2. The van der Waals surface area contributed by atoms with Crippen molar-refractivity contribution in [2.75, 3.05) is 0 Å². The van der Waals surface area contributed by atoms with Gasteiger partial charge in [0.2, 0.25) is 0 Å². The molecule has 2 aromatic carbocycles. The van der Waals surface area contributed by atoms with E-state index in [0.717, 1.165) is 12.8 Å². The van der Waals surface area contributed by atoms with Crippen LogP contribution in [0.3, 0.4) is 0 Å². The summed E-state index contributed by atoms with van der Waals surface area (Å²) in [6.07, 6.45) is 2.21. The summed E-state index contributed by atoms with van der Waals surface area (Å²) in [6.45, 7) is 13.8. The van der Waals surface area contributed by atoms with Crippen LogP contribution >= 0.6 is 0 Å². The Kier molecular flexibility index (Phi) is 17.5. The minimum absolute atomic E-state index is 1.10. The first-order chi connectivity index (χ1) is 11.3. The van der Waals surface area contributed by atoms with E-state index in [2.05, 4.69) is 48.5 Å². The molecule has 0 unspecified atom stereocenters. The van der Waals surface area contributed by atoms with E-state index in [4.69, 9.17) is 7.74 Å². The summed E-state index contributed by atoms with van der Waals surface area (Å²) in [4.78, 5) is 0. The lowest BCUT2D eigenvalue weighted by Gasteiger charge is -2.18. The van der Waals surface area contributed by atoms with E-state index in [9.17, 15) is 0 Å². The number of hydrogen-bond donors (Lipinski definition) is 0. The first-order valence-electron chi connectivity index (χ1n) is 8.98. The zero-order valence-electron chi connectivity index (χ0n) is 16.2. The molecule has 1 aliphatic rings. The summed E-state index contributed by atoms with van der Waals surface area (Å²) in [5.41, 5.74) is 5.97. The molecule has 1 aliphatic carbocycles. The predicted molar refractivity (Wildman–Crippen MR) is 110 cm³/mol. The van der Waals surface area contributed by atoms with Gasteiger partial charge in [0.25, 0.3) is 0 Å². The molecule has 0 nitrogen and oxygen atoms in total. The highest BCUT2D eigenvalue weighted by Gasteiger charge is 2.12. The summed E-state index contributed by atoms with van der Waals surface area (Å²) in [6, 6.07) is 17.5. The second-order valence-corrected chi connectivity index (χ2v) is 4.22. The number of rotatable bonds is 0. The van der Waals surface area contributed by atoms with Gasteiger partial charge in [0, 0.05) is 7.74 Å². The van der Waals surface area contributed by atoms with Gasteiger partial charge in [-0.2, -0.15) is 0 Å². The van der Waals surface area contributed by atoms with Crippen LogP contribution in [-0.4, -0.2) is 14.9 Å². The Bertz CT molecular complexity index is 405. The maximum atomic E-state index is 4.72. The molecule has 0 saturated carbocycles. The average Bonchev–Trinajstić information content (AvgIpc) is 2.65. The van der Waals surface area contributed by atoms with E-state index in [1.165, 1.54) is 29.4 Å². The van der Waals surface area contributed by atoms with Gasteiger partial charge in [0.15, 0.2) is 0 Å². The van der Waals surface area contributed by atoms with Crippen molar-refractivity contribution in [2.24, 2.45) is 0 Å². The van der Waals surface area contributed by atoms with E-state index < -0.39 is 0 Å². The first-order valence-corrected chi connectivity index (χ1v) is 8.98. The molecule has 0 amide bonds. The highest BCUT2D eigenvalue weighted by Crippen LogP contribution is 2.26. The third-order valence-corrected chi connectivity index (χ3v) is 3.00. The Morgan fingerprint density at radius 1 is 0.609 bits per heavy atom. The molecule has 2 heteroatoms. The third-order valence-electron chi connectivity index (χ3n) is 3.00. The molecular weight excluding hydrogens is 274 g/mol. The fourth-order valence-electron chi connectivity index (χ4n) is 2.22. The maximum absolute atomic E-state index is 4.72. The lowest BCUT2D eigenvalue weighted by atomic mass is 9.59. The number of benzene rings is 2. The second-order valence-electron chi connectivity index (χ2n) is 4.22. The normalized spacial score (nSPS) is 9.35. The van der Waals surface area contributed by atoms with Crippen LogP contribution in [0.4, 0.5) is 0 Å². The summed E-state index contributed by atoms with van der Waals surface area (Å²) >= 11 is 0. The van der Waals surface area contributed by atoms with E-state index in [1.807, 2.05) is 41.5 Å². The van der Waals surface area contributed by atoms with Crippen molar-refractivity contribution in [1.82, 2.24) is 0 Å². The topological polar surface area (TPSA) is 0 Å². The van der Waals surface area contributed by atoms with Gasteiger partial charge in [-0.3, -0.25) is 0 Å². The molecule has 0 heterocycles. The standard InChI is InChI=1S/C14H12.3C2H6.CH3B2/c1-2-6-12-10-14-8-4-3-7-13(14)9-11(12)5-1;3*1-2;1-3-2/h1-8H,9-10H2;3*1-2H3;1H3. The second kappa shape index (κ2) is 16.9. The monoisotopic (exact) mass is 307 g/mol. The van der Waals surface area contributed by atoms with Crippen LogP contribution in [0.15, 0.2) is 48.5 Å². The number of hydrogen-bond acceptors (Lipinski definition) is 0. The van der Waals surface area contributed by atoms with Crippen molar-refractivity contribution in [3.05, 3.63) is 70.8 Å². The summed E-state index contributed by atoms with van der Waals surface area (Å²) in [5, 5.41) is 0. The summed E-state index contributed by atoms with van der Waals surface area (Å²) in [7, 11) is 6.22. The molecule has 0 bridgehead atoms. The van der Waals surface area contributed by atoms with Crippen LogP contribution in [-0.2, 0) is 12.8 Å². The molecule has 0 N–H and O–H groups in total. The lowest BCUT2D eigenvalue weighted by Crippen LogP contribution is -2.06. The Hall–Kier alpha value is -1.43. The van der Waals surface area contributed by atoms with Crippen LogP contribution in [0.25, 0.3) is 0 Å². The van der Waals surface area contributed by atoms with Gasteiger partial charge in [-0.25, -0.2) is 0 Å². The molecule has 0 aromatic heterocycles. The molecule has 0 aliphatic heterocycles. The zero-order chi connectivity index (χ0) is 18.1. The quantitative estimate of drug-likeness (QED) is 0.441. The van der Waals surface area contributed by atoms with Crippen molar-refractivity contribution in [3.63, 3.8) is 0 Å². The highest BCUT2D eigenvalue weighted by molar-refractivity contribution is 6.88. The largest absolute Gasteiger partial charge is 0.101 e. The van der Waals surface area contributed by atoms with Crippen LogP contribution < -0.4 is 0 Å². The van der Waals surface area contributed by atoms with Gasteiger partial charge < -0.3 is 0 Å². The van der Waals surface area contributed by atoms with Gasteiger partial charge in [0.05, 0.1) is 7.17 Å². The lowest BCUT2D eigenvalue weighted by molar-refractivity contribution is 1.00. The smallest absolute Gasteiger partial charge is 0.0502 e. The Morgan fingerprint density at radius 3 is 0.957 bits per heavy atom. The molecule has 3 rings (SSSR count). The van der Waals surface area contributed by atoms with E-state index >= 15 is 0 Å². The maximum Gasteiger partial charge on any atom is 0.0502 e. The first kappa shape index (κ1) is 23.8. The summed E-state index contributed by atoms with van der Waals surface area (Å²) < 4.78 is 0. The van der Waals surface area contributed by atoms with Crippen molar-refractivity contribution < 1.29 is 0 Å². The molecule has 3 radical (unpaired) electrons. The van der Waals surface area contributed by atoms with Gasteiger partial charge >= 0.3 is 0 Å². The molecule has 2 aromatic rings. The van der Waals surface area contributed by atoms with Crippen LogP contribution in [0.1, 0.15) is 63.8 Å². The Morgan fingerprint density at radius 2 is 0.783 bits per heavy atom. The zero-order valence-corrected chi connectivity index (χ0v) is 16.2. The van der Waals surface area contributed by atoms with Gasteiger partial charge in [-0.15, -0.1) is 6.82 Å². The third kappa shape index (κ3) is 8.69. The van der Waals surface area contributed by atoms with Crippen LogP contribution in [0.5, 0.6) is 0 Å². The molecule has 0 atom stereocenters. The minimum atomic E-state index is 1.10. The van der Waals surface area contributed by atoms with E-state index in [0.29, 0.717) is 0 Å². The molecule has 0 spiro atoms. The van der Waals surface area contributed by atoms with Gasteiger partial charge in [0.1, 0.15) is 0 Å². The van der Waals surface area contributed by atoms with E-state index in [-0.39, 0.29) is 0 Å². The van der Waals surface area contributed by atoms with Gasteiger partial charge in [-0.05, 0) is 35.1 Å². The molecule has 23 heavy (non-hydrogen) atoms. The van der Waals surface area contributed by atoms with Crippen molar-refractivity contribution in [3.8, 4) is 0 Å². The Labute approximate surface area is 147 Å². The predicted octanol–water partition coefficient (Wildman–Crippen LogP) is 6.08. The van der Waals surface area contributed by atoms with Crippen molar-refractivity contribution in [2.45, 2.75) is 61.2 Å². The molecule has 123 valence electrons. The molecule has 0 saturated heterocycles.